The molecule has 0 atom stereocenters. The first kappa shape index (κ1) is 29.2. The van der Waals surface area contributed by atoms with Crippen LogP contribution in [-0.4, -0.2) is 66.4 Å². The van der Waals surface area contributed by atoms with Crippen molar-refractivity contribution in [2.24, 2.45) is 18.0 Å². The van der Waals surface area contributed by atoms with Crippen molar-refractivity contribution >= 4 is 37.1 Å². The van der Waals surface area contributed by atoms with E-state index in [2.05, 4.69) is 30.2 Å². The fraction of sp³-hybridized carbons (Fsp3) is 0.276. The van der Waals surface area contributed by atoms with Crippen molar-refractivity contribution in [2.75, 3.05) is 19.4 Å². The third kappa shape index (κ3) is 8.33. The summed E-state index contributed by atoms with van der Waals surface area (Å²) >= 11 is 0. The number of anilines is 1. The highest BCUT2D eigenvalue weighted by Gasteiger charge is 2.30. The highest BCUT2D eigenvalue weighted by Crippen LogP contribution is 2.37. The Morgan fingerprint density at radius 1 is 1.17 bits per heavy atom. The number of carbonyl (C=O) groups is 3. The van der Waals surface area contributed by atoms with Crippen LogP contribution in [0.15, 0.2) is 59.7 Å². The van der Waals surface area contributed by atoms with Gasteiger partial charge in [-0.15, -0.1) is 10.2 Å². The maximum Gasteiger partial charge on any atom is 0.469 e. The van der Waals surface area contributed by atoms with Gasteiger partial charge in [0.25, 0.3) is 5.91 Å². The lowest BCUT2D eigenvalue weighted by Crippen LogP contribution is -2.29. The van der Waals surface area contributed by atoms with Crippen LogP contribution >= 0.6 is 7.82 Å². The van der Waals surface area contributed by atoms with Gasteiger partial charge in [0.15, 0.2) is 12.5 Å². The van der Waals surface area contributed by atoms with Crippen LogP contribution in [0, 0.1) is 5.92 Å². The van der Waals surface area contributed by atoms with Gasteiger partial charge < -0.3 is 29.9 Å². The fourth-order valence-electron chi connectivity index (χ4n) is 4.34. The van der Waals surface area contributed by atoms with E-state index in [1.54, 1.807) is 25.2 Å². The van der Waals surface area contributed by atoms with Gasteiger partial charge in [-0.2, -0.15) is 4.80 Å². The van der Waals surface area contributed by atoms with E-state index >= 15 is 0 Å². The highest BCUT2D eigenvalue weighted by molar-refractivity contribution is 7.46. The number of hydrogen-bond acceptors (Lipinski definition) is 11. The molecule has 47 heavy (non-hydrogen) atoms. The quantitative estimate of drug-likeness (QED) is 0.126. The Hall–Kier alpha value is -5.22. The van der Waals surface area contributed by atoms with Gasteiger partial charge >= 0.3 is 13.8 Å². The number of carbonyl (C=O) groups excluding carboxylic acids is 3. The van der Waals surface area contributed by atoms with Gasteiger partial charge in [0.1, 0.15) is 11.5 Å². The number of hydrogen-bond donors (Lipinski definition) is 4. The zero-order valence-electron chi connectivity index (χ0n) is 28.0. The predicted molar refractivity (Wildman–Crippen MR) is 164 cm³/mol. The number of nitrogens with one attached hydrogen (secondary N) is 2. The zero-order valence-corrected chi connectivity index (χ0v) is 25.9. The Labute approximate surface area is 271 Å². The number of phosphoric ester groups is 1. The second-order valence-electron chi connectivity index (χ2n) is 10.2. The van der Waals surface area contributed by atoms with Crippen molar-refractivity contribution in [3.05, 3.63) is 76.8 Å². The van der Waals surface area contributed by atoms with E-state index in [9.17, 15) is 18.9 Å². The normalized spacial score (nSPS) is 14.5. The number of aryl methyl sites for hydroxylation is 1. The first-order valence-electron chi connectivity index (χ1n) is 15.4. The van der Waals surface area contributed by atoms with Crippen molar-refractivity contribution in [3.8, 4) is 17.1 Å². The van der Waals surface area contributed by atoms with Crippen molar-refractivity contribution in [1.29, 1.82) is 0 Å². The summed E-state index contributed by atoms with van der Waals surface area (Å²) in [5.41, 5.74) is 0.840. The summed E-state index contributed by atoms with van der Waals surface area (Å²) in [6.45, 7) is -3.80. The molecule has 0 saturated heterocycles. The molecule has 1 aliphatic rings. The van der Waals surface area contributed by atoms with Gasteiger partial charge in [-0.25, -0.2) is 14.4 Å². The summed E-state index contributed by atoms with van der Waals surface area (Å²) < 4.78 is 50.5. The number of methoxy groups -OCH3 is 1. The van der Waals surface area contributed by atoms with Gasteiger partial charge in [0.05, 0.1) is 42.8 Å². The summed E-state index contributed by atoms with van der Waals surface area (Å²) in [4.78, 5) is 62.9. The van der Waals surface area contributed by atoms with Crippen LogP contribution in [-0.2, 0) is 39.0 Å². The standard InChI is InChI=1S/C29H31N8O9P/c1-30-28(39)21-14-37(16-45-29(40)19-9-7-17(8-10-19)15-46-47(41,42)43)24(32-27(38)18-11-12-18)13-23(21)31-22-6-4-5-20(25(22)44-3)26-33-35-36(2)34-26/h4-10,13-14,18H,11-12,15-16H2,1-3H3,(H,30,39)(H,32,38)(H2,41,42,43)/i1D3. The number of rotatable bonds is 12. The Bertz CT molecular complexity index is 2040. The molecule has 0 aliphatic heterocycles. The number of nitrogens with zero attached hydrogens (tertiary/aromatic N) is 6. The molecule has 2 amide bonds. The molecule has 4 aromatic rings. The predicted octanol–water partition coefficient (Wildman–Crippen LogP) is 2.05. The van der Waals surface area contributed by atoms with Crippen LogP contribution < -0.4 is 20.7 Å². The van der Waals surface area contributed by atoms with Gasteiger partial charge in [0.2, 0.25) is 11.7 Å². The lowest BCUT2D eigenvalue weighted by Gasteiger charge is -2.17. The van der Waals surface area contributed by atoms with Crippen LogP contribution in [0.5, 0.6) is 5.75 Å². The van der Waals surface area contributed by atoms with Crippen molar-refractivity contribution in [1.82, 2.24) is 30.1 Å². The van der Waals surface area contributed by atoms with E-state index in [0.717, 1.165) is 0 Å². The van der Waals surface area contributed by atoms with Crippen LogP contribution in [0.3, 0.4) is 0 Å². The Morgan fingerprint density at radius 2 is 1.94 bits per heavy atom. The molecular formula is C29H31N8O9P. The molecular weight excluding hydrogens is 635 g/mol. The minimum absolute atomic E-state index is 0.0592. The number of aromatic nitrogens is 5. The number of benzene rings is 2. The average Bonchev–Trinajstić information content (AvgIpc) is 3.82. The van der Waals surface area contributed by atoms with Crippen LogP contribution in [0.2, 0.25) is 0 Å². The number of ether oxygens (including phenoxy) is 2. The molecule has 0 spiro atoms. The molecule has 2 aromatic heterocycles. The number of esters is 1. The lowest BCUT2D eigenvalue weighted by molar-refractivity contribution is -0.117. The molecule has 5 rings (SSSR count). The minimum Gasteiger partial charge on any atom is -0.494 e. The summed E-state index contributed by atoms with van der Waals surface area (Å²) in [6.07, 6.45) is 2.54. The SMILES string of the molecule is [2H]C([2H])([2H])NC(=O)c1cn(COC(=O)c2ccc(COP(=O)(O)O)cc2)c(NC(=O)C2CC2)cc1=Nc1cccc(-c2nnn(C)n2)c1OC. The maximum atomic E-state index is 13.4. The second kappa shape index (κ2) is 14.0. The molecule has 17 nitrogen and oxygen atoms in total. The second-order valence-corrected chi connectivity index (χ2v) is 11.5. The number of tetrazole rings is 1. The maximum absolute atomic E-state index is 13.4. The number of para-hydroxylation sites is 1. The molecule has 0 unspecified atom stereocenters. The molecule has 0 bridgehead atoms. The molecule has 18 heteroatoms. The van der Waals surface area contributed by atoms with Crippen LogP contribution in [0.1, 0.15) is 43.2 Å². The zero-order chi connectivity index (χ0) is 36.2. The summed E-state index contributed by atoms with van der Waals surface area (Å²) in [7, 11) is -1.71. The molecule has 1 fully saturated rings. The van der Waals surface area contributed by atoms with Crippen molar-refractivity contribution in [2.45, 2.75) is 26.2 Å². The molecule has 2 aromatic carbocycles. The summed E-state index contributed by atoms with van der Waals surface area (Å²) in [5, 5.41) is 16.7. The van der Waals surface area contributed by atoms with E-state index in [1.165, 1.54) is 53.0 Å². The topological polar surface area (TPSA) is 221 Å². The van der Waals surface area contributed by atoms with Crippen molar-refractivity contribution in [3.63, 3.8) is 0 Å². The molecule has 246 valence electrons. The number of phosphoric acid groups is 1. The smallest absolute Gasteiger partial charge is 0.469 e. The third-order valence-electron chi connectivity index (χ3n) is 6.81. The molecule has 0 radical (unpaired) electrons. The Morgan fingerprint density at radius 3 is 2.57 bits per heavy atom. The first-order chi connectivity index (χ1) is 23.6. The third-order valence-corrected chi connectivity index (χ3v) is 7.28. The monoisotopic (exact) mass is 669 g/mol. The summed E-state index contributed by atoms with van der Waals surface area (Å²) in [5.74, 6) is -1.89. The average molecular weight is 670 g/mol. The molecule has 4 N–H and O–H groups in total. The van der Waals surface area contributed by atoms with Crippen LogP contribution in [0.4, 0.5) is 11.5 Å². The highest BCUT2D eigenvalue weighted by atomic mass is 31.2. The first-order valence-corrected chi connectivity index (χ1v) is 15.4. The van der Waals surface area contributed by atoms with Gasteiger partial charge in [-0.05, 0) is 47.9 Å². The minimum atomic E-state index is -4.69. The molecule has 1 aliphatic carbocycles. The van der Waals surface area contributed by atoms with E-state index in [0.29, 0.717) is 24.0 Å². The van der Waals surface area contributed by atoms with Crippen molar-refractivity contribution < 1.29 is 46.8 Å². The number of pyridine rings is 1. The van der Waals surface area contributed by atoms with Gasteiger partial charge in [0, 0.05) is 29.3 Å². The van der Waals surface area contributed by atoms with Gasteiger partial charge in [-0.3, -0.25) is 18.7 Å². The molecule has 2 heterocycles. The largest absolute Gasteiger partial charge is 0.494 e. The Balaban J connectivity index is 1.54. The van der Waals surface area contributed by atoms with Gasteiger partial charge in [-0.1, -0.05) is 18.2 Å². The van der Waals surface area contributed by atoms with E-state index in [4.69, 9.17) is 23.4 Å². The van der Waals surface area contributed by atoms with E-state index < -0.39 is 40.0 Å². The lowest BCUT2D eigenvalue weighted by atomic mass is 10.1. The van der Waals surface area contributed by atoms with E-state index in [-0.39, 0.29) is 51.4 Å². The molecule has 1 saturated carbocycles. The fourth-order valence-corrected chi connectivity index (χ4v) is 4.65. The van der Waals surface area contributed by atoms with E-state index in [1.807, 2.05) is 5.32 Å². The number of amides is 2. The summed E-state index contributed by atoms with van der Waals surface area (Å²) in [6, 6.07) is 11.8. The Kier molecular flexibility index (Phi) is 8.73. The van der Waals surface area contributed by atoms with Crippen LogP contribution in [0.25, 0.3) is 11.4 Å².